The van der Waals surface area contributed by atoms with Gasteiger partial charge in [-0.25, -0.2) is 13.2 Å². The third-order valence-electron chi connectivity index (χ3n) is 2.75. The van der Waals surface area contributed by atoms with E-state index in [1.165, 1.54) is 0 Å². The molecule has 7 nitrogen and oxygen atoms in total. The molecule has 0 saturated heterocycles. The van der Waals surface area contributed by atoms with Crippen molar-refractivity contribution in [2.24, 2.45) is 5.41 Å². The maximum atomic E-state index is 11.3. The Hall–Kier alpha value is -1.31. The first-order valence-electron chi connectivity index (χ1n) is 6.06. The molecule has 0 heterocycles. The number of aliphatic carboxylic acids is 1. The number of carbonyl (C=O) groups is 2. The van der Waals surface area contributed by atoms with E-state index in [1.54, 1.807) is 20.8 Å². The number of hydrogen-bond acceptors (Lipinski definition) is 4. The van der Waals surface area contributed by atoms with E-state index in [0.29, 0.717) is 6.42 Å². The monoisotopic (exact) mass is 294 g/mol. The third-order valence-corrected chi connectivity index (χ3v) is 4.46. The zero-order valence-corrected chi connectivity index (χ0v) is 12.3. The number of rotatable bonds is 8. The van der Waals surface area contributed by atoms with Gasteiger partial charge in [0.1, 0.15) is 0 Å². The number of carboxylic acid groups (broad SMARTS) is 1. The summed E-state index contributed by atoms with van der Waals surface area (Å²) < 4.78 is 22.3. The van der Waals surface area contributed by atoms with Gasteiger partial charge in [-0.15, -0.1) is 0 Å². The fourth-order valence-electron chi connectivity index (χ4n) is 1.12. The van der Waals surface area contributed by atoms with Crippen molar-refractivity contribution >= 4 is 21.8 Å². The van der Waals surface area contributed by atoms with Crippen LogP contribution in [0.15, 0.2) is 0 Å². The van der Waals surface area contributed by atoms with Crippen molar-refractivity contribution in [2.75, 3.05) is 24.6 Å². The van der Waals surface area contributed by atoms with E-state index in [4.69, 9.17) is 5.11 Å². The molecule has 3 N–H and O–H groups in total. The summed E-state index contributed by atoms with van der Waals surface area (Å²) in [5, 5.41) is 13.8. The molecule has 0 aliphatic rings. The minimum atomic E-state index is -3.09. The summed E-state index contributed by atoms with van der Waals surface area (Å²) in [4.78, 5) is 22.1. The predicted molar refractivity (Wildman–Crippen MR) is 71.8 cm³/mol. The Bertz CT molecular complexity index is 417. The zero-order chi connectivity index (χ0) is 15.1. The zero-order valence-electron chi connectivity index (χ0n) is 11.5. The standard InChI is InChI=1S/C11H22N2O5S/c1-4-19(17,18)8-7-13-10(16)12-6-5-11(2,3)9(14)15/h4-8H2,1-3H3,(H,14,15)(H2,12,13,16). The van der Waals surface area contributed by atoms with E-state index in [0.717, 1.165) is 0 Å². The van der Waals surface area contributed by atoms with Crippen molar-refractivity contribution in [1.82, 2.24) is 10.6 Å². The van der Waals surface area contributed by atoms with Crippen LogP contribution in [-0.4, -0.2) is 50.1 Å². The number of sulfone groups is 1. The molecule has 0 aromatic rings. The van der Waals surface area contributed by atoms with Crippen LogP contribution in [0, 0.1) is 5.41 Å². The topological polar surface area (TPSA) is 113 Å². The normalized spacial score (nSPS) is 11.9. The van der Waals surface area contributed by atoms with Crippen LogP contribution < -0.4 is 10.6 Å². The summed E-state index contributed by atoms with van der Waals surface area (Å²) in [5.74, 6) is -0.982. The van der Waals surface area contributed by atoms with Crippen LogP contribution in [-0.2, 0) is 14.6 Å². The van der Waals surface area contributed by atoms with E-state index in [1.807, 2.05) is 0 Å². The smallest absolute Gasteiger partial charge is 0.314 e. The molecule has 0 rings (SSSR count). The Balaban J connectivity index is 3.87. The van der Waals surface area contributed by atoms with Crippen molar-refractivity contribution in [3.8, 4) is 0 Å². The highest BCUT2D eigenvalue weighted by atomic mass is 32.2. The molecule has 19 heavy (non-hydrogen) atoms. The first-order chi connectivity index (χ1) is 8.60. The summed E-state index contributed by atoms with van der Waals surface area (Å²) in [7, 11) is -3.09. The van der Waals surface area contributed by atoms with Gasteiger partial charge in [0, 0.05) is 18.8 Å². The maximum absolute atomic E-state index is 11.3. The van der Waals surface area contributed by atoms with Crippen LogP contribution in [0.3, 0.4) is 0 Å². The molecule has 0 aliphatic heterocycles. The summed E-state index contributed by atoms with van der Waals surface area (Å²) in [5.41, 5.74) is -0.904. The highest BCUT2D eigenvalue weighted by Gasteiger charge is 2.26. The van der Waals surface area contributed by atoms with Gasteiger partial charge in [0.15, 0.2) is 9.84 Å². The van der Waals surface area contributed by atoms with E-state index < -0.39 is 27.3 Å². The fourth-order valence-corrected chi connectivity index (χ4v) is 1.82. The van der Waals surface area contributed by atoms with Crippen LogP contribution in [0.1, 0.15) is 27.2 Å². The van der Waals surface area contributed by atoms with Gasteiger partial charge < -0.3 is 15.7 Å². The molecule has 0 saturated carbocycles. The molecule has 0 atom stereocenters. The maximum Gasteiger partial charge on any atom is 0.314 e. The van der Waals surface area contributed by atoms with Crippen molar-refractivity contribution < 1.29 is 23.1 Å². The van der Waals surface area contributed by atoms with E-state index in [2.05, 4.69) is 10.6 Å². The summed E-state index contributed by atoms with van der Waals surface area (Å²) >= 11 is 0. The van der Waals surface area contributed by atoms with Gasteiger partial charge in [-0.2, -0.15) is 0 Å². The lowest BCUT2D eigenvalue weighted by Gasteiger charge is -2.18. The van der Waals surface area contributed by atoms with Gasteiger partial charge in [-0.05, 0) is 20.3 Å². The lowest BCUT2D eigenvalue weighted by atomic mass is 9.90. The second kappa shape index (κ2) is 7.32. The molecule has 112 valence electrons. The summed E-state index contributed by atoms with van der Waals surface area (Å²) in [6.07, 6.45) is 0.295. The number of hydrogen-bond donors (Lipinski definition) is 3. The second-order valence-corrected chi connectivity index (χ2v) is 7.33. The first-order valence-corrected chi connectivity index (χ1v) is 7.88. The molecule has 0 fully saturated rings. The minimum absolute atomic E-state index is 0.0447. The average molecular weight is 294 g/mol. The number of urea groups is 1. The predicted octanol–water partition coefficient (Wildman–Crippen LogP) is 0.221. The van der Waals surface area contributed by atoms with Gasteiger partial charge >= 0.3 is 12.0 Å². The first kappa shape index (κ1) is 17.7. The van der Waals surface area contributed by atoms with Crippen molar-refractivity contribution in [3.05, 3.63) is 0 Å². The highest BCUT2D eigenvalue weighted by Crippen LogP contribution is 2.19. The fraction of sp³-hybridized carbons (Fsp3) is 0.818. The third kappa shape index (κ3) is 7.66. The Morgan fingerprint density at radius 3 is 2.16 bits per heavy atom. The minimum Gasteiger partial charge on any atom is -0.481 e. The molecule has 0 unspecified atom stereocenters. The molecule has 0 aliphatic carbocycles. The molecule has 8 heteroatoms. The number of carbonyl (C=O) groups excluding carboxylic acids is 1. The van der Waals surface area contributed by atoms with E-state index in [-0.39, 0.29) is 24.6 Å². The molecule has 0 radical (unpaired) electrons. The Kier molecular flexibility index (Phi) is 6.82. The Morgan fingerprint density at radius 2 is 1.68 bits per heavy atom. The number of amides is 2. The largest absolute Gasteiger partial charge is 0.481 e. The summed E-state index contributed by atoms with van der Waals surface area (Å²) in [6, 6.07) is -0.493. The van der Waals surface area contributed by atoms with Gasteiger partial charge in [0.25, 0.3) is 0 Å². The van der Waals surface area contributed by atoms with Gasteiger partial charge in [0.2, 0.25) is 0 Å². The van der Waals surface area contributed by atoms with Crippen molar-refractivity contribution in [1.29, 1.82) is 0 Å². The van der Waals surface area contributed by atoms with Gasteiger partial charge in [-0.3, -0.25) is 4.79 Å². The van der Waals surface area contributed by atoms with Crippen LogP contribution >= 0.6 is 0 Å². The molecule has 0 aromatic heterocycles. The number of carboxylic acids is 1. The quantitative estimate of drug-likeness (QED) is 0.593. The second-order valence-electron chi connectivity index (χ2n) is 4.86. The summed E-state index contributed by atoms with van der Waals surface area (Å²) in [6.45, 7) is 4.95. The van der Waals surface area contributed by atoms with Crippen LogP contribution in [0.5, 0.6) is 0 Å². The lowest BCUT2D eigenvalue weighted by Crippen LogP contribution is -2.40. The van der Waals surface area contributed by atoms with Gasteiger partial charge in [0.05, 0.1) is 11.2 Å². The Morgan fingerprint density at radius 1 is 1.16 bits per heavy atom. The van der Waals surface area contributed by atoms with Crippen molar-refractivity contribution in [3.63, 3.8) is 0 Å². The van der Waals surface area contributed by atoms with E-state index >= 15 is 0 Å². The van der Waals surface area contributed by atoms with Gasteiger partial charge in [-0.1, -0.05) is 6.92 Å². The van der Waals surface area contributed by atoms with Crippen LogP contribution in [0.25, 0.3) is 0 Å². The molecule has 0 bridgehead atoms. The number of nitrogens with one attached hydrogen (secondary N) is 2. The van der Waals surface area contributed by atoms with E-state index in [9.17, 15) is 18.0 Å². The SMILES string of the molecule is CCS(=O)(=O)CCNC(=O)NCCC(C)(C)C(=O)O. The lowest BCUT2D eigenvalue weighted by molar-refractivity contribution is -0.147. The molecule has 2 amide bonds. The Labute approximate surface area is 113 Å². The molecule has 0 aromatic carbocycles. The average Bonchev–Trinajstić information content (AvgIpc) is 2.28. The molecule has 0 spiro atoms. The van der Waals surface area contributed by atoms with Crippen molar-refractivity contribution in [2.45, 2.75) is 27.2 Å². The van der Waals surface area contributed by atoms with Crippen LogP contribution in [0.2, 0.25) is 0 Å². The molecular formula is C11H22N2O5S. The van der Waals surface area contributed by atoms with Crippen LogP contribution in [0.4, 0.5) is 4.79 Å². The highest BCUT2D eigenvalue weighted by molar-refractivity contribution is 7.91. The molecular weight excluding hydrogens is 272 g/mol.